The molecule has 2 aromatic carbocycles. The molecule has 2 unspecified atom stereocenters. The van der Waals surface area contributed by atoms with Gasteiger partial charge in [-0.25, -0.2) is 8.78 Å². The van der Waals surface area contributed by atoms with Gasteiger partial charge in [0, 0.05) is 23.6 Å². The number of benzene rings is 2. The van der Waals surface area contributed by atoms with Crippen molar-refractivity contribution in [3.8, 4) is 0 Å². The Morgan fingerprint density at radius 2 is 1.71 bits per heavy atom. The van der Waals surface area contributed by atoms with Crippen LogP contribution in [0.3, 0.4) is 0 Å². The number of likely N-dealkylation sites (N-methyl/N-ethyl adjacent to an activating group) is 1. The molecule has 112 valence electrons. The van der Waals surface area contributed by atoms with E-state index in [1.54, 1.807) is 13.0 Å². The zero-order chi connectivity index (χ0) is 15.4. The van der Waals surface area contributed by atoms with Gasteiger partial charge >= 0.3 is 0 Å². The van der Waals surface area contributed by atoms with Crippen LogP contribution in [-0.2, 0) is 0 Å². The zero-order valence-corrected chi connectivity index (χ0v) is 12.7. The highest BCUT2D eigenvalue weighted by atomic mass is 19.1. The first-order chi connectivity index (χ1) is 10.1. The van der Waals surface area contributed by atoms with Crippen molar-refractivity contribution < 1.29 is 8.78 Å². The molecule has 0 radical (unpaired) electrons. The minimum Gasteiger partial charge on any atom is -0.312 e. The van der Waals surface area contributed by atoms with E-state index in [9.17, 15) is 8.78 Å². The Labute approximate surface area is 125 Å². The van der Waals surface area contributed by atoms with Crippen LogP contribution in [-0.4, -0.2) is 7.05 Å². The highest BCUT2D eigenvalue weighted by molar-refractivity contribution is 5.32. The summed E-state index contributed by atoms with van der Waals surface area (Å²) in [6.45, 7) is 3.74. The molecule has 0 heterocycles. The molecule has 21 heavy (non-hydrogen) atoms. The lowest BCUT2D eigenvalue weighted by atomic mass is 9.84. The maximum absolute atomic E-state index is 14.2. The molecule has 0 aliphatic heterocycles. The molecular formula is C18H21F2N. The van der Waals surface area contributed by atoms with Gasteiger partial charge in [0.25, 0.3) is 0 Å². The van der Waals surface area contributed by atoms with E-state index in [2.05, 4.69) is 12.2 Å². The van der Waals surface area contributed by atoms with Crippen molar-refractivity contribution in [1.82, 2.24) is 5.32 Å². The number of rotatable bonds is 5. The van der Waals surface area contributed by atoms with Crippen LogP contribution >= 0.6 is 0 Å². The van der Waals surface area contributed by atoms with E-state index in [4.69, 9.17) is 0 Å². The summed E-state index contributed by atoms with van der Waals surface area (Å²) >= 11 is 0. The SMILES string of the molecule is CCC(c1ccccc1)C(NC)c1cc(C)c(F)cc1F. The fourth-order valence-corrected chi connectivity index (χ4v) is 2.86. The molecular weight excluding hydrogens is 268 g/mol. The van der Waals surface area contributed by atoms with E-state index >= 15 is 0 Å². The predicted octanol–water partition coefficient (Wildman–Crippen LogP) is 4.73. The van der Waals surface area contributed by atoms with Gasteiger partial charge in [-0.3, -0.25) is 0 Å². The number of nitrogens with one attached hydrogen (secondary N) is 1. The van der Waals surface area contributed by atoms with Gasteiger partial charge in [0.2, 0.25) is 0 Å². The molecule has 0 aromatic heterocycles. The first kappa shape index (κ1) is 15.6. The monoisotopic (exact) mass is 289 g/mol. The molecule has 3 heteroatoms. The Balaban J connectivity index is 2.45. The fourth-order valence-electron chi connectivity index (χ4n) is 2.86. The molecule has 1 nitrogen and oxygen atoms in total. The van der Waals surface area contributed by atoms with Crippen LogP contribution in [0, 0.1) is 18.6 Å². The molecule has 0 spiro atoms. The normalized spacial score (nSPS) is 14.0. The molecule has 0 bridgehead atoms. The van der Waals surface area contributed by atoms with Crippen LogP contribution in [0.5, 0.6) is 0 Å². The minimum absolute atomic E-state index is 0.135. The molecule has 0 aliphatic carbocycles. The third kappa shape index (κ3) is 3.30. The van der Waals surface area contributed by atoms with Crippen molar-refractivity contribution >= 4 is 0 Å². The fraction of sp³-hybridized carbons (Fsp3) is 0.333. The lowest BCUT2D eigenvalue weighted by Crippen LogP contribution is -2.25. The van der Waals surface area contributed by atoms with Crippen molar-refractivity contribution in [1.29, 1.82) is 0 Å². The number of hydrogen-bond acceptors (Lipinski definition) is 1. The van der Waals surface area contributed by atoms with Crippen LogP contribution in [0.2, 0.25) is 0 Å². The largest absolute Gasteiger partial charge is 0.312 e. The first-order valence-electron chi connectivity index (χ1n) is 7.26. The zero-order valence-electron chi connectivity index (χ0n) is 12.7. The van der Waals surface area contributed by atoms with Crippen molar-refractivity contribution in [3.05, 3.63) is 70.8 Å². The van der Waals surface area contributed by atoms with E-state index in [0.29, 0.717) is 11.1 Å². The van der Waals surface area contributed by atoms with Gasteiger partial charge < -0.3 is 5.32 Å². The first-order valence-corrected chi connectivity index (χ1v) is 7.26. The molecule has 2 aromatic rings. The van der Waals surface area contributed by atoms with Crippen molar-refractivity contribution in [2.24, 2.45) is 0 Å². The van der Waals surface area contributed by atoms with Crippen LogP contribution < -0.4 is 5.32 Å². The third-order valence-electron chi connectivity index (χ3n) is 3.99. The van der Waals surface area contributed by atoms with E-state index in [1.165, 1.54) is 0 Å². The van der Waals surface area contributed by atoms with Crippen molar-refractivity contribution in [3.63, 3.8) is 0 Å². The second kappa shape index (κ2) is 6.81. The highest BCUT2D eigenvalue weighted by Crippen LogP contribution is 2.35. The summed E-state index contributed by atoms with van der Waals surface area (Å²) < 4.78 is 27.7. The van der Waals surface area contributed by atoms with Gasteiger partial charge in [0.15, 0.2) is 0 Å². The standard InChI is InChI=1S/C18H21F2N/c1-4-14(13-8-6-5-7-9-13)18(21-3)15-10-12(2)16(19)11-17(15)20/h5-11,14,18,21H,4H2,1-3H3. The Kier molecular flexibility index (Phi) is 5.07. The molecule has 0 saturated carbocycles. The van der Waals surface area contributed by atoms with E-state index in [1.807, 2.05) is 37.4 Å². The topological polar surface area (TPSA) is 12.0 Å². The van der Waals surface area contributed by atoms with Gasteiger partial charge in [-0.2, -0.15) is 0 Å². The summed E-state index contributed by atoms with van der Waals surface area (Å²) in [4.78, 5) is 0. The molecule has 2 rings (SSSR count). The molecule has 0 fully saturated rings. The predicted molar refractivity (Wildman–Crippen MR) is 82.4 cm³/mol. The molecule has 0 saturated heterocycles. The van der Waals surface area contributed by atoms with Gasteiger partial charge in [-0.15, -0.1) is 0 Å². The second-order valence-corrected chi connectivity index (χ2v) is 5.31. The Hall–Kier alpha value is -1.74. The quantitative estimate of drug-likeness (QED) is 0.839. The van der Waals surface area contributed by atoms with E-state index in [-0.39, 0.29) is 12.0 Å². The smallest absolute Gasteiger partial charge is 0.130 e. The lowest BCUT2D eigenvalue weighted by molar-refractivity contribution is 0.443. The number of aryl methyl sites for hydroxylation is 1. The van der Waals surface area contributed by atoms with Crippen LogP contribution in [0.4, 0.5) is 8.78 Å². The molecule has 2 atom stereocenters. The van der Waals surface area contributed by atoms with Gasteiger partial charge in [-0.1, -0.05) is 37.3 Å². The van der Waals surface area contributed by atoms with Gasteiger partial charge in [-0.05, 0) is 37.6 Å². The van der Waals surface area contributed by atoms with E-state index in [0.717, 1.165) is 18.1 Å². The van der Waals surface area contributed by atoms with Crippen LogP contribution in [0.15, 0.2) is 42.5 Å². The molecule has 1 N–H and O–H groups in total. The van der Waals surface area contributed by atoms with Gasteiger partial charge in [0.1, 0.15) is 11.6 Å². The summed E-state index contributed by atoms with van der Waals surface area (Å²) in [7, 11) is 1.81. The molecule has 0 amide bonds. The summed E-state index contributed by atoms with van der Waals surface area (Å²) in [6.07, 6.45) is 0.866. The third-order valence-corrected chi connectivity index (χ3v) is 3.99. The number of halogens is 2. The summed E-state index contributed by atoms with van der Waals surface area (Å²) in [5, 5.41) is 3.19. The van der Waals surface area contributed by atoms with E-state index < -0.39 is 11.6 Å². The minimum atomic E-state index is -0.501. The van der Waals surface area contributed by atoms with Crippen LogP contribution in [0.1, 0.15) is 42.0 Å². The molecule has 0 aliphatic rings. The summed E-state index contributed by atoms with van der Waals surface area (Å²) in [6, 6.07) is 12.4. The summed E-state index contributed by atoms with van der Waals surface area (Å²) in [5.41, 5.74) is 2.14. The summed E-state index contributed by atoms with van der Waals surface area (Å²) in [5.74, 6) is -0.860. The van der Waals surface area contributed by atoms with Crippen molar-refractivity contribution in [2.45, 2.75) is 32.2 Å². The van der Waals surface area contributed by atoms with Gasteiger partial charge in [0.05, 0.1) is 0 Å². The Morgan fingerprint density at radius 1 is 1.05 bits per heavy atom. The number of hydrogen-bond donors (Lipinski definition) is 1. The van der Waals surface area contributed by atoms with Crippen molar-refractivity contribution in [2.75, 3.05) is 7.05 Å². The highest BCUT2D eigenvalue weighted by Gasteiger charge is 2.25. The second-order valence-electron chi connectivity index (χ2n) is 5.31. The maximum Gasteiger partial charge on any atom is 0.130 e. The average molecular weight is 289 g/mol. The Morgan fingerprint density at radius 3 is 2.29 bits per heavy atom. The maximum atomic E-state index is 14.2. The Bertz CT molecular complexity index is 596. The lowest BCUT2D eigenvalue weighted by Gasteiger charge is -2.27. The average Bonchev–Trinajstić information content (AvgIpc) is 2.50. The van der Waals surface area contributed by atoms with Crippen LogP contribution in [0.25, 0.3) is 0 Å².